The molecule has 0 radical (unpaired) electrons. The van der Waals surface area contributed by atoms with Gasteiger partial charge >= 0.3 is 5.97 Å². The molecule has 1 amide bonds. The summed E-state index contributed by atoms with van der Waals surface area (Å²) in [7, 11) is 0. The lowest BCUT2D eigenvalue weighted by molar-refractivity contribution is -0.384. The molecule has 1 fully saturated rings. The minimum atomic E-state index is -0.906. The number of rotatable bonds is 4. The maximum atomic E-state index is 12.3. The highest BCUT2D eigenvalue weighted by Gasteiger charge is 2.30. The van der Waals surface area contributed by atoms with Crippen LogP contribution in [-0.2, 0) is 4.79 Å². The van der Waals surface area contributed by atoms with Crippen molar-refractivity contribution in [2.24, 2.45) is 5.92 Å². The van der Waals surface area contributed by atoms with E-state index in [1.807, 2.05) is 0 Å². The van der Waals surface area contributed by atoms with Crippen LogP contribution < -0.4 is 5.32 Å². The Morgan fingerprint density at radius 2 is 1.87 bits per heavy atom. The van der Waals surface area contributed by atoms with Gasteiger partial charge in [-0.15, -0.1) is 0 Å². The lowest BCUT2D eigenvalue weighted by atomic mass is 9.86. The first-order chi connectivity index (χ1) is 11.0. The van der Waals surface area contributed by atoms with Gasteiger partial charge in [-0.05, 0) is 18.9 Å². The van der Waals surface area contributed by atoms with Crippen LogP contribution in [0.5, 0.6) is 0 Å². The topological polar surface area (TPSA) is 110 Å². The molecule has 23 heavy (non-hydrogen) atoms. The van der Waals surface area contributed by atoms with Crippen LogP contribution in [0.4, 0.5) is 5.69 Å². The van der Waals surface area contributed by atoms with Crippen LogP contribution in [0, 0.1) is 16.0 Å². The van der Waals surface area contributed by atoms with E-state index in [0.29, 0.717) is 12.8 Å². The standard InChI is InChI=1S/C16H20N2O5/c19-15(11-6-5-7-12(10-11)18(22)23)17-14-9-4-2-1-3-8-13(14)16(20)21/h5-7,10,13-14H,1-4,8-9H2,(H,17,19)(H,20,21). The number of non-ortho nitro benzene ring substituents is 1. The highest BCUT2D eigenvalue weighted by atomic mass is 16.6. The van der Waals surface area contributed by atoms with Crippen LogP contribution in [0.2, 0.25) is 0 Å². The van der Waals surface area contributed by atoms with Gasteiger partial charge in [-0.3, -0.25) is 19.7 Å². The summed E-state index contributed by atoms with van der Waals surface area (Å²) in [4.78, 5) is 34.0. The van der Waals surface area contributed by atoms with E-state index in [1.54, 1.807) is 0 Å². The van der Waals surface area contributed by atoms with Crippen LogP contribution in [-0.4, -0.2) is 27.9 Å². The van der Waals surface area contributed by atoms with Crippen molar-refractivity contribution in [3.05, 3.63) is 39.9 Å². The van der Waals surface area contributed by atoms with Gasteiger partial charge in [-0.1, -0.05) is 31.7 Å². The fourth-order valence-corrected chi connectivity index (χ4v) is 2.97. The van der Waals surface area contributed by atoms with Crippen molar-refractivity contribution < 1.29 is 19.6 Å². The molecule has 2 rings (SSSR count). The molecule has 2 unspecified atom stereocenters. The Hall–Kier alpha value is -2.44. The first-order valence-corrected chi connectivity index (χ1v) is 7.77. The van der Waals surface area contributed by atoms with E-state index < -0.39 is 28.8 Å². The van der Waals surface area contributed by atoms with Crippen LogP contribution in [0.25, 0.3) is 0 Å². The number of carboxylic acids is 1. The van der Waals surface area contributed by atoms with Gasteiger partial charge in [0.1, 0.15) is 0 Å². The van der Waals surface area contributed by atoms with Crippen molar-refractivity contribution in [2.75, 3.05) is 0 Å². The number of nitro benzene ring substituents is 1. The number of carbonyl (C=O) groups is 2. The summed E-state index contributed by atoms with van der Waals surface area (Å²) in [5, 5.41) is 22.9. The molecule has 0 heterocycles. The zero-order valence-electron chi connectivity index (χ0n) is 12.7. The molecular weight excluding hydrogens is 300 g/mol. The molecule has 7 heteroatoms. The van der Waals surface area contributed by atoms with E-state index in [9.17, 15) is 24.8 Å². The second kappa shape index (κ2) is 7.71. The predicted octanol–water partition coefficient (Wildman–Crippen LogP) is 2.75. The first-order valence-electron chi connectivity index (χ1n) is 7.77. The molecule has 0 spiro atoms. The average Bonchev–Trinajstić information content (AvgIpc) is 2.49. The Kier molecular flexibility index (Phi) is 5.67. The van der Waals surface area contributed by atoms with Crippen LogP contribution >= 0.6 is 0 Å². The van der Waals surface area contributed by atoms with Crippen LogP contribution in [0.3, 0.4) is 0 Å². The fraction of sp³-hybridized carbons (Fsp3) is 0.500. The summed E-state index contributed by atoms with van der Waals surface area (Å²) in [6, 6.07) is 5.00. The number of benzene rings is 1. The zero-order valence-corrected chi connectivity index (χ0v) is 12.7. The second-order valence-corrected chi connectivity index (χ2v) is 5.82. The van der Waals surface area contributed by atoms with Gasteiger partial charge in [0.25, 0.3) is 11.6 Å². The summed E-state index contributed by atoms with van der Waals surface area (Å²) < 4.78 is 0. The predicted molar refractivity (Wildman–Crippen MR) is 83.2 cm³/mol. The zero-order chi connectivity index (χ0) is 16.8. The van der Waals surface area contributed by atoms with E-state index in [-0.39, 0.29) is 11.3 Å². The van der Waals surface area contributed by atoms with Gasteiger partial charge in [-0.25, -0.2) is 0 Å². The maximum Gasteiger partial charge on any atom is 0.308 e. The normalized spacial score (nSPS) is 21.7. The Morgan fingerprint density at radius 1 is 1.17 bits per heavy atom. The molecule has 1 aromatic carbocycles. The molecular formula is C16H20N2O5. The summed E-state index contributed by atoms with van der Waals surface area (Å²) in [5.41, 5.74) is 0.00972. The SMILES string of the molecule is O=C(NC1CCCCCCC1C(=O)O)c1cccc([N+](=O)[O-])c1. The summed E-state index contributed by atoms with van der Waals surface area (Å²) in [6.45, 7) is 0. The van der Waals surface area contributed by atoms with Crippen LogP contribution in [0.15, 0.2) is 24.3 Å². The minimum absolute atomic E-state index is 0.162. The van der Waals surface area contributed by atoms with Gasteiger partial charge < -0.3 is 10.4 Å². The number of carbonyl (C=O) groups excluding carboxylic acids is 1. The Bertz CT molecular complexity index is 602. The second-order valence-electron chi connectivity index (χ2n) is 5.82. The van der Waals surface area contributed by atoms with E-state index >= 15 is 0 Å². The smallest absolute Gasteiger partial charge is 0.308 e. The molecule has 0 aliphatic heterocycles. The summed E-state index contributed by atoms with van der Waals surface area (Å²) >= 11 is 0. The molecule has 1 aromatic rings. The minimum Gasteiger partial charge on any atom is -0.481 e. The lowest BCUT2D eigenvalue weighted by Crippen LogP contribution is -2.43. The van der Waals surface area contributed by atoms with E-state index in [4.69, 9.17) is 0 Å². The van der Waals surface area contributed by atoms with Crippen molar-refractivity contribution in [1.29, 1.82) is 0 Å². The number of carboxylic acid groups (broad SMARTS) is 1. The van der Waals surface area contributed by atoms with Gasteiger partial charge in [0.2, 0.25) is 0 Å². The molecule has 0 saturated heterocycles. The monoisotopic (exact) mass is 320 g/mol. The molecule has 0 bridgehead atoms. The maximum absolute atomic E-state index is 12.3. The Balaban J connectivity index is 2.13. The van der Waals surface area contributed by atoms with Crippen molar-refractivity contribution in [3.8, 4) is 0 Å². The Labute approximate surface area is 133 Å². The van der Waals surface area contributed by atoms with Gasteiger partial charge in [0.15, 0.2) is 0 Å². The highest BCUT2D eigenvalue weighted by Crippen LogP contribution is 2.24. The van der Waals surface area contributed by atoms with Gasteiger partial charge in [0.05, 0.1) is 10.8 Å². The van der Waals surface area contributed by atoms with Crippen molar-refractivity contribution >= 4 is 17.6 Å². The number of amides is 1. The number of nitrogens with one attached hydrogen (secondary N) is 1. The number of aliphatic carboxylic acids is 1. The molecule has 2 atom stereocenters. The van der Waals surface area contributed by atoms with E-state index in [1.165, 1.54) is 24.3 Å². The van der Waals surface area contributed by atoms with E-state index in [0.717, 1.165) is 25.7 Å². The lowest BCUT2D eigenvalue weighted by Gasteiger charge is -2.27. The van der Waals surface area contributed by atoms with Crippen LogP contribution in [0.1, 0.15) is 48.9 Å². The number of nitro groups is 1. The van der Waals surface area contributed by atoms with Gasteiger partial charge in [0, 0.05) is 23.7 Å². The van der Waals surface area contributed by atoms with Crippen molar-refractivity contribution in [1.82, 2.24) is 5.32 Å². The summed E-state index contributed by atoms with van der Waals surface area (Å²) in [6.07, 6.45) is 4.88. The number of hydrogen-bond donors (Lipinski definition) is 2. The third kappa shape index (κ3) is 4.51. The largest absolute Gasteiger partial charge is 0.481 e. The molecule has 2 N–H and O–H groups in total. The molecule has 0 aromatic heterocycles. The summed E-state index contributed by atoms with van der Waals surface area (Å²) in [5.74, 6) is -1.99. The number of nitrogens with zero attached hydrogens (tertiary/aromatic N) is 1. The van der Waals surface area contributed by atoms with E-state index in [2.05, 4.69) is 5.32 Å². The first kappa shape index (κ1) is 16.9. The van der Waals surface area contributed by atoms with Crippen molar-refractivity contribution in [2.45, 2.75) is 44.6 Å². The molecule has 1 aliphatic rings. The van der Waals surface area contributed by atoms with Gasteiger partial charge in [-0.2, -0.15) is 0 Å². The molecule has 1 aliphatic carbocycles. The molecule has 124 valence electrons. The average molecular weight is 320 g/mol. The third-order valence-electron chi connectivity index (χ3n) is 4.22. The Morgan fingerprint density at radius 3 is 2.52 bits per heavy atom. The quantitative estimate of drug-likeness (QED) is 0.655. The van der Waals surface area contributed by atoms with Crippen molar-refractivity contribution in [3.63, 3.8) is 0 Å². The fourth-order valence-electron chi connectivity index (χ4n) is 2.97. The highest BCUT2D eigenvalue weighted by molar-refractivity contribution is 5.95. The third-order valence-corrected chi connectivity index (χ3v) is 4.22. The molecule has 7 nitrogen and oxygen atoms in total. The molecule has 1 saturated carbocycles. The number of hydrogen-bond acceptors (Lipinski definition) is 4.